The van der Waals surface area contributed by atoms with Crippen molar-refractivity contribution in [1.29, 1.82) is 0 Å². The second-order valence-corrected chi connectivity index (χ2v) is 1.80. The molecule has 0 amide bonds. The van der Waals surface area contributed by atoms with Gasteiger partial charge in [0.15, 0.2) is 0 Å². The minimum atomic E-state index is 0.0694. The Morgan fingerprint density at radius 2 is 2.00 bits per heavy atom. The molecule has 0 heterocycles. The van der Waals surface area contributed by atoms with E-state index in [0.717, 1.165) is 13.0 Å². The molecular weight excluding hydrogens is 106 g/mol. The highest BCUT2D eigenvalue weighted by Gasteiger charge is 1.90. The zero-order valence-corrected chi connectivity index (χ0v) is 5.17. The molecule has 0 aliphatic carbocycles. The molecule has 8 heavy (non-hydrogen) atoms. The van der Waals surface area contributed by atoms with Crippen LogP contribution < -0.4 is 0 Å². The van der Waals surface area contributed by atoms with Crippen molar-refractivity contribution in [3.63, 3.8) is 0 Å². The highest BCUT2D eigenvalue weighted by Crippen LogP contribution is 1.81. The summed E-state index contributed by atoms with van der Waals surface area (Å²) in [6, 6.07) is 0. The van der Waals surface area contributed by atoms with Crippen LogP contribution in [0.2, 0.25) is 0 Å². The van der Waals surface area contributed by atoms with Crippen molar-refractivity contribution in [2.75, 3.05) is 26.9 Å². The van der Waals surface area contributed by atoms with Crippen molar-refractivity contribution >= 4 is 0 Å². The largest absolute Gasteiger partial charge is 0.396 e. The smallest absolute Gasteiger partial charge is 0.0954 e. The number of hydrogen-bond donors (Lipinski definition) is 2. The maximum absolute atomic E-state index is 8.41. The molecule has 0 aliphatic rings. The zero-order chi connectivity index (χ0) is 6.41. The van der Waals surface area contributed by atoms with Crippen molar-refractivity contribution in [2.24, 2.45) is 0 Å². The topological polar surface area (TPSA) is 43.7 Å². The van der Waals surface area contributed by atoms with Crippen LogP contribution in [0.25, 0.3) is 0 Å². The fourth-order valence-corrected chi connectivity index (χ4v) is 0.411. The monoisotopic (exact) mass is 119 g/mol. The third-order valence-corrected chi connectivity index (χ3v) is 0.939. The Morgan fingerprint density at radius 3 is 2.38 bits per heavy atom. The molecule has 0 spiro atoms. The van der Waals surface area contributed by atoms with Crippen LogP contribution in [0.1, 0.15) is 6.42 Å². The van der Waals surface area contributed by atoms with Gasteiger partial charge in [-0.05, 0) is 13.5 Å². The second-order valence-electron chi connectivity index (χ2n) is 1.80. The van der Waals surface area contributed by atoms with Crippen LogP contribution in [-0.2, 0) is 0 Å². The summed E-state index contributed by atoms with van der Waals surface area (Å²) in [6.07, 6.45) is 0.733. The van der Waals surface area contributed by atoms with Crippen LogP contribution in [0.15, 0.2) is 0 Å². The Kier molecular flexibility index (Phi) is 4.95. The number of nitrogens with zero attached hydrogens (tertiary/aromatic N) is 1. The van der Waals surface area contributed by atoms with E-state index in [1.54, 1.807) is 11.9 Å². The van der Waals surface area contributed by atoms with Gasteiger partial charge in [-0.25, -0.2) is 0 Å². The molecule has 0 aromatic heterocycles. The predicted octanol–water partition coefficient (Wildman–Crippen LogP) is -0.750. The quantitative estimate of drug-likeness (QED) is 0.479. The Bertz CT molecular complexity index is 49.7. The first kappa shape index (κ1) is 7.88. The van der Waals surface area contributed by atoms with Crippen LogP contribution >= 0.6 is 0 Å². The van der Waals surface area contributed by atoms with E-state index >= 15 is 0 Å². The molecule has 0 atom stereocenters. The van der Waals surface area contributed by atoms with Gasteiger partial charge in [-0.15, -0.1) is 0 Å². The minimum Gasteiger partial charge on any atom is -0.396 e. The lowest BCUT2D eigenvalue weighted by Crippen LogP contribution is -2.20. The van der Waals surface area contributed by atoms with Gasteiger partial charge < -0.3 is 10.2 Å². The summed E-state index contributed by atoms with van der Waals surface area (Å²) >= 11 is 0. The van der Waals surface area contributed by atoms with Crippen LogP contribution in [0, 0.1) is 0 Å². The standard InChI is InChI=1S/C5H13NO2/c1-6(5-8)3-2-4-7/h7-8H,2-5H2,1H3. The summed E-state index contributed by atoms with van der Waals surface area (Å²) in [7, 11) is 1.80. The summed E-state index contributed by atoms with van der Waals surface area (Å²) < 4.78 is 0. The van der Waals surface area contributed by atoms with Gasteiger partial charge in [0.25, 0.3) is 0 Å². The molecule has 3 nitrogen and oxygen atoms in total. The number of rotatable bonds is 4. The van der Waals surface area contributed by atoms with E-state index in [4.69, 9.17) is 10.2 Å². The van der Waals surface area contributed by atoms with E-state index in [9.17, 15) is 0 Å². The molecule has 50 valence electrons. The van der Waals surface area contributed by atoms with Gasteiger partial charge in [0.1, 0.15) is 0 Å². The minimum absolute atomic E-state index is 0.0694. The molecule has 0 aromatic carbocycles. The first-order chi connectivity index (χ1) is 3.81. The molecule has 0 saturated heterocycles. The van der Waals surface area contributed by atoms with Crippen molar-refractivity contribution < 1.29 is 10.2 Å². The molecule has 0 bridgehead atoms. The van der Waals surface area contributed by atoms with E-state index in [-0.39, 0.29) is 13.3 Å². The second kappa shape index (κ2) is 5.03. The van der Waals surface area contributed by atoms with Crippen molar-refractivity contribution in [3.8, 4) is 0 Å². The highest BCUT2D eigenvalue weighted by atomic mass is 16.3. The third kappa shape index (κ3) is 4.05. The summed E-state index contributed by atoms with van der Waals surface area (Å²) in [4.78, 5) is 1.73. The fourth-order valence-electron chi connectivity index (χ4n) is 0.411. The molecule has 0 saturated carbocycles. The molecule has 0 fully saturated rings. The van der Waals surface area contributed by atoms with Gasteiger partial charge >= 0.3 is 0 Å². The van der Waals surface area contributed by atoms with E-state index in [1.165, 1.54) is 0 Å². The van der Waals surface area contributed by atoms with Crippen LogP contribution in [0.4, 0.5) is 0 Å². The summed E-state index contributed by atoms with van der Waals surface area (Å²) in [5.74, 6) is 0. The first-order valence-corrected chi connectivity index (χ1v) is 2.71. The number of hydrogen-bond acceptors (Lipinski definition) is 3. The molecule has 0 aromatic rings. The molecule has 0 rings (SSSR count). The molecule has 3 heteroatoms. The van der Waals surface area contributed by atoms with Crippen LogP contribution in [-0.4, -0.2) is 42.0 Å². The van der Waals surface area contributed by atoms with E-state index in [2.05, 4.69) is 0 Å². The lowest BCUT2D eigenvalue weighted by molar-refractivity contribution is 0.124. The van der Waals surface area contributed by atoms with E-state index < -0.39 is 0 Å². The van der Waals surface area contributed by atoms with Crippen LogP contribution in [0.5, 0.6) is 0 Å². The maximum atomic E-state index is 8.41. The van der Waals surface area contributed by atoms with Gasteiger partial charge in [0, 0.05) is 13.2 Å². The average Bonchev–Trinajstić information content (AvgIpc) is 1.83. The molecule has 0 aliphatic heterocycles. The fraction of sp³-hybridized carbons (Fsp3) is 1.00. The molecule has 0 unspecified atom stereocenters. The highest BCUT2D eigenvalue weighted by molar-refractivity contribution is 4.41. The number of aliphatic hydroxyl groups is 2. The molecule has 2 N–H and O–H groups in total. The average molecular weight is 119 g/mol. The lowest BCUT2D eigenvalue weighted by Gasteiger charge is -2.10. The maximum Gasteiger partial charge on any atom is 0.0954 e. The van der Waals surface area contributed by atoms with E-state index in [1.807, 2.05) is 0 Å². The first-order valence-electron chi connectivity index (χ1n) is 2.71. The summed E-state index contributed by atoms with van der Waals surface area (Å²) in [6.45, 7) is 1.03. The zero-order valence-electron chi connectivity index (χ0n) is 5.17. The van der Waals surface area contributed by atoms with E-state index in [0.29, 0.717) is 0 Å². The Labute approximate surface area is 49.5 Å². The van der Waals surface area contributed by atoms with Gasteiger partial charge in [-0.3, -0.25) is 4.90 Å². The van der Waals surface area contributed by atoms with Crippen LogP contribution in [0.3, 0.4) is 0 Å². The number of aliphatic hydroxyl groups excluding tert-OH is 2. The third-order valence-electron chi connectivity index (χ3n) is 0.939. The van der Waals surface area contributed by atoms with Crippen molar-refractivity contribution in [3.05, 3.63) is 0 Å². The normalized spacial score (nSPS) is 10.5. The lowest BCUT2D eigenvalue weighted by atomic mass is 10.4. The summed E-state index contributed by atoms with van der Waals surface area (Å²) in [5, 5.41) is 16.7. The van der Waals surface area contributed by atoms with Crippen molar-refractivity contribution in [1.82, 2.24) is 4.90 Å². The molecular formula is C5H13NO2. The Morgan fingerprint density at radius 1 is 1.38 bits per heavy atom. The van der Waals surface area contributed by atoms with Gasteiger partial charge in [0.2, 0.25) is 0 Å². The SMILES string of the molecule is CN(CO)CCCO. The van der Waals surface area contributed by atoms with Crippen molar-refractivity contribution in [2.45, 2.75) is 6.42 Å². The molecule has 0 radical (unpaired) electrons. The summed E-state index contributed by atoms with van der Waals surface area (Å²) in [5.41, 5.74) is 0. The van der Waals surface area contributed by atoms with Gasteiger partial charge in [-0.1, -0.05) is 0 Å². The predicted molar refractivity (Wildman–Crippen MR) is 31.4 cm³/mol. The Hall–Kier alpha value is -0.120. The Balaban J connectivity index is 2.86. The van der Waals surface area contributed by atoms with Gasteiger partial charge in [0.05, 0.1) is 6.73 Å². The van der Waals surface area contributed by atoms with Gasteiger partial charge in [-0.2, -0.15) is 0 Å².